The number of fused-ring (bicyclic) bond motifs is 1. The van der Waals surface area contributed by atoms with E-state index >= 15 is 0 Å². The van der Waals surface area contributed by atoms with Gasteiger partial charge in [0, 0.05) is 18.1 Å². The number of carbonyl (C=O) groups is 3. The van der Waals surface area contributed by atoms with E-state index in [0.29, 0.717) is 33.9 Å². The monoisotopic (exact) mass is 591 g/mol. The van der Waals surface area contributed by atoms with Crippen molar-refractivity contribution in [3.8, 4) is 17.7 Å². The van der Waals surface area contributed by atoms with Gasteiger partial charge >= 0.3 is 6.09 Å². The second-order valence-corrected chi connectivity index (χ2v) is 11.1. The van der Waals surface area contributed by atoms with Crippen molar-refractivity contribution < 1.29 is 28.6 Å². The Hall–Kier alpha value is -4.60. The summed E-state index contributed by atoms with van der Waals surface area (Å²) in [5.41, 5.74) is -0.613. The fourth-order valence-electron chi connectivity index (χ4n) is 4.36. The van der Waals surface area contributed by atoms with Crippen molar-refractivity contribution in [2.45, 2.75) is 31.1 Å². The zero-order valence-electron chi connectivity index (χ0n) is 21.1. The van der Waals surface area contributed by atoms with E-state index in [1.54, 1.807) is 12.1 Å². The molecule has 2 N–H and O–H groups in total. The fourth-order valence-corrected chi connectivity index (χ4v) is 5.58. The van der Waals surface area contributed by atoms with Crippen molar-refractivity contribution in [1.82, 2.24) is 9.97 Å². The Labute approximate surface area is 241 Å². The first kappa shape index (κ1) is 26.6. The maximum absolute atomic E-state index is 15.0. The Morgan fingerprint density at radius 1 is 1.17 bits per heavy atom. The van der Waals surface area contributed by atoms with Gasteiger partial charge in [-0.05, 0) is 55.5 Å². The minimum atomic E-state index is -1.74. The Bertz CT molecular complexity index is 1800. The topological polar surface area (TPSA) is 146 Å². The highest BCUT2D eigenvalue weighted by molar-refractivity contribution is 7.21. The molecule has 0 aliphatic heterocycles. The second kappa shape index (κ2) is 10.1. The number of halogens is 2. The van der Waals surface area contributed by atoms with Gasteiger partial charge in [-0.2, -0.15) is 5.26 Å². The van der Waals surface area contributed by atoms with Crippen molar-refractivity contribution in [2.24, 2.45) is 5.92 Å². The molecule has 2 aromatic heterocycles. The lowest BCUT2D eigenvalue weighted by Gasteiger charge is -2.20. The summed E-state index contributed by atoms with van der Waals surface area (Å²) in [6, 6.07) is 13.1. The summed E-state index contributed by atoms with van der Waals surface area (Å²) >= 11 is 7.64. The summed E-state index contributed by atoms with van der Waals surface area (Å²) in [4.78, 5) is 47.1. The SMILES string of the molecule is N#CC1(c2cccc(C(=O)N(C(=O)O)c3cc(Oc4ccc5nc(NC(=O)C6CC6)sc5n4)ccc3F)c2Cl)CC1. The summed E-state index contributed by atoms with van der Waals surface area (Å²) in [6.07, 6.45) is 1.11. The van der Waals surface area contributed by atoms with E-state index in [1.807, 2.05) is 0 Å². The first-order valence-electron chi connectivity index (χ1n) is 12.5. The Balaban J connectivity index is 1.28. The Morgan fingerprint density at radius 2 is 1.95 bits per heavy atom. The number of aromatic nitrogens is 2. The van der Waals surface area contributed by atoms with Crippen LogP contribution in [0.2, 0.25) is 5.02 Å². The zero-order valence-corrected chi connectivity index (χ0v) is 22.6. The van der Waals surface area contributed by atoms with Crippen LogP contribution in [-0.2, 0) is 10.2 Å². The number of hydrogen-bond donors (Lipinski definition) is 2. The van der Waals surface area contributed by atoms with E-state index in [-0.39, 0.29) is 38.9 Å². The number of anilines is 2. The number of pyridine rings is 1. The number of carbonyl (C=O) groups excluding carboxylic acids is 2. The van der Waals surface area contributed by atoms with Crippen LogP contribution in [0.15, 0.2) is 48.5 Å². The molecule has 13 heteroatoms. The lowest BCUT2D eigenvalue weighted by atomic mass is 9.95. The van der Waals surface area contributed by atoms with Crippen molar-refractivity contribution in [3.05, 3.63) is 70.5 Å². The standard InChI is InChI=1S/C28H19ClFN5O5S/c29-22-16(2-1-3-17(22)28(13-31)10-11-28)25(37)35(27(38)39)20-12-15(6-7-18(20)30)40-21-9-8-19-24(33-21)41-26(32-19)34-23(36)14-4-5-14/h1-3,6-9,12,14H,4-5,10-11H2,(H,38,39)(H,32,34,36). The van der Waals surface area contributed by atoms with Gasteiger partial charge in [-0.1, -0.05) is 35.1 Å². The molecule has 4 aromatic rings. The summed E-state index contributed by atoms with van der Waals surface area (Å²) in [6.45, 7) is 0. The number of amides is 3. The molecule has 2 fully saturated rings. The number of nitriles is 1. The minimum absolute atomic E-state index is 0.0142. The van der Waals surface area contributed by atoms with Crippen LogP contribution in [0, 0.1) is 23.1 Å². The molecule has 0 bridgehead atoms. The third-order valence-corrected chi connectivity index (χ3v) is 8.18. The maximum atomic E-state index is 15.0. The molecule has 3 amide bonds. The van der Waals surface area contributed by atoms with Gasteiger partial charge in [0.15, 0.2) is 5.13 Å². The van der Waals surface area contributed by atoms with E-state index in [9.17, 15) is 29.1 Å². The van der Waals surface area contributed by atoms with Crippen molar-refractivity contribution >= 4 is 62.0 Å². The molecule has 2 aliphatic rings. The first-order valence-corrected chi connectivity index (χ1v) is 13.7. The predicted molar refractivity (Wildman–Crippen MR) is 148 cm³/mol. The third-order valence-electron chi connectivity index (χ3n) is 6.89. The van der Waals surface area contributed by atoms with Crippen LogP contribution in [0.5, 0.6) is 11.6 Å². The molecule has 206 valence electrons. The van der Waals surface area contributed by atoms with Crippen LogP contribution >= 0.6 is 22.9 Å². The highest BCUT2D eigenvalue weighted by Crippen LogP contribution is 2.50. The summed E-state index contributed by atoms with van der Waals surface area (Å²) in [7, 11) is 0. The lowest BCUT2D eigenvalue weighted by molar-refractivity contribution is -0.117. The highest BCUT2D eigenvalue weighted by Gasteiger charge is 2.47. The number of nitrogens with one attached hydrogen (secondary N) is 1. The van der Waals surface area contributed by atoms with Crippen LogP contribution in [0.4, 0.5) is 20.0 Å². The fraction of sp³-hybridized carbons (Fsp3) is 0.214. The number of ether oxygens (including phenoxy) is 1. The van der Waals surface area contributed by atoms with E-state index in [0.717, 1.165) is 36.3 Å². The average molecular weight is 592 g/mol. The van der Waals surface area contributed by atoms with E-state index in [1.165, 1.54) is 24.3 Å². The zero-order chi connectivity index (χ0) is 28.9. The van der Waals surface area contributed by atoms with Crippen molar-refractivity contribution in [1.29, 1.82) is 5.26 Å². The quantitative estimate of drug-likeness (QED) is 0.247. The first-order chi connectivity index (χ1) is 19.7. The van der Waals surface area contributed by atoms with Gasteiger partial charge in [-0.25, -0.2) is 24.1 Å². The van der Waals surface area contributed by atoms with Gasteiger partial charge in [0.1, 0.15) is 21.9 Å². The third kappa shape index (κ3) is 5.05. The average Bonchev–Trinajstić information content (AvgIpc) is 3.87. The molecule has 0 saturated heterocycles. The van der Waals surface area contributed by atoms with E-state index < -0.39 is 28.9 Å². The molecule has 0 unspecified atom stereocenters. The van der Waals surface area contributed by atoms with Crippen molar-refractivity contribution in [3.63, 3.8) is 0 Å². The van der Waals surface area contributed by atoms with Crippen LogP contribution < -0.4 is 15.0 Å². The van der Waals surface area contributed by atoms with E-state index in [4.69, 9.17) is 16.3 Å². The van der Waals surface area contributed by atoms with Crippen LogP contribution in [0.3, 0.4) is 0 Å². The predicted octanol–water partition coefficient (Wildman–Crippen LogP) is 6.50. The van der Waals surface area contributed by atoms with E-state index in [2.05, 4.69) is 21.4 Å². The largest absolute Gasteiger partial charge is 0.464 e. The molecule has 41 heavy (non-hydrogen) atoms. The molecule has 2 aliphatic carbocycles. The maximum Gasteiger partial charge on any atom is 0.419 e. The van der Waals surface area contributed by atoms with Gasteiger partial charge in [0.2, 0.25) is 11.8 Å². The summed E-state index contributed by atoms with van der Waals surface area (Å²) in [5.74, 6) is -2.01. The number of benzene rings is 2. The summed E-state index contributed by atoms with van der Waals surface area (Å²) < 4.78 is 20.7. The normalized spacial score (nSPS) is 15.1. The van der Waals surface area contributed by atoms with Crippen LogP contribution in [-0.4, -0.2) is 33.0 Å². The van der Waals surface area contributed by atoms with Crippen LogP contribution in [0.25, 0.3) is 10.3 Å². The Kier molecular flexibility index (Phi) is 6.56. The Morgan fingerprint density at radius 3 is 2.63 bits per heavy atom. The van der Waals surface area contributed by atoms with Gasteiger partial charge < -0.3 is 15.2 Å². The number of hydrogen-bond acceptors (Lipinski definition) is 8. The molecule has 10 nitrogen and oxygen atoms in total. The number of nitrogens with zero attached hydrogens (tertiary/aromatic N) is 4. The molecule has 0 spiro atoms. The molecule has 6 rings (SSSR count). The van der Waals surface area contributed by atoms with Crippen molar-refractivity contribution in [2.75, 3.05) is 10.2 Å². The molecular weight excluding hydrogens is 573 g/mol. The van der Waals surface area contributed by atoms with Crippen LogP contribution in [0.1, 0.15) is 41.6 Å². The molecule has 2 saturated carbocycles. The minimum Gasteiger partial charge on any atom is -0.464 e. The molecule has 0 atom stereocenters. The number of rotatable bonds is 7. The summed E-state index contributed by atoms with van der Waals surface area (Å²) in [5, 5.41) is 22.6. The number of carboxylic acid groups (broad SMARTS) is 1. The molecular formula is C28H19ClFN5O5S. The number of thiazole rings is 1. The second-order valence-electron chi connectivity index (χ2n) is 9.76. The smallest absolute Gasteiger partial charge is 0.419 e. The molecule has 2 aromatic carbocycles. The van der Waals surface area contributed by atoms with Gasteiger partial charge in [0.25, 0.3) is 5.91 Å². The molecule has 2 heterocycles. The molecule has 0 radical (unpaired) electrons. The van der Waals surface area contributed by atoms with Gasteiger partial charge in [-0.3, -0.25) is 9.59 Å². The highest BCUT2D eigenvalue weighted by atomic mass is 35.5. The number of imide groups is 1. The van der Waals surface area contributed by atoms with Gasteiger partial charge in [0.05, 0.1) is 27.8 Å². The van der Waals surface area contributed by atoms with Gasteiger partial charge in [-0.15, -0.1) is 0 Å². The lowest BCUT2D eigenvalue weighted by Crippen LogP contribution is -2.36.